The van der Waals surface area contributed by atoms with Gasteiger partial charge in [-0.2, -0.15) is 0 Å². The molecule has 4 rings (SSSR count). The van der Waals surface area contributed by atoms with Crippen LogP contribution in [0.4, 0.5) is 0 Å². The Morgan fingerprint density at radius 3 is 2.32 bits per heavy atom. The van der Waals surface area contributed by atoms with Gasteiger partial charge in [-0.3, -0.25) is 0 Å². The van der Waals surface area contributed by atoms with E-state index in [-0.39, 0.29) is 5.38 Å². The number of rotatable bonds is 1. The molecule has 0 N–H and O–H groups in total. The highest BCUT2D eigenvalue weighted by atomic mass is 35.5. The molecule has 0 saturated heterocycles. The van der Waals surface area contributed by atoms with Crippen LogP contribution in [0.25, 0.3) is 5.57 Å². The average molecular weight is 363 g/mol. The summed E-state index contributed by atoms with van der Waals surface area (Å²) in [6, 6.07) is 15.2. The van der Waals surface area contributed by atoms with Crippen molar-refractivity contribution in [1.82, 2.24) is 0 Å². The molecule has 0 nitrogen and oxygen atoms in total. The summed E-state index contributed by atoms with van der Waals surface area (Å²) in [6.45, 7) is 0. The molecule has 0 bridgehead atoms. The molecule has 0 spiro atoms. The maximum Gasteiger partial charge on any atom is 0.0573 e. The number of benzene rings is 2. The first kappa shape index (κ1) is 14.8. The van der Waals surface area contributed by atoms with E-state index < -0.39 is 0 Å². The summed E-state index contributed by atoms with van der Waals surface area (Å²) in [5.41, 5.74) is 2.42. The Morgan fingerprint density at radius 2 is 1.59 bits per heavy atom. The molecule has 1 aliphatic heterocycles. The highest BCUT2D eigenvalue weighted by Gasteiger charge is 2.19. The number of alkyl halides is 1. The third-order valence-corrected chi connectivity index (χ3v) is 6.73. The van der Waals surface area contributed by atoms with Crippen molar-refractivity contribution in [2.45, 2.75) is 31.4 Å². The Balaban J connectivity index is 1.71. The van der Waals surface area contributed by atoms with Crippen molar-refractivity contribution in [2.24, 2.45) is 0 Å². The second-order valence-corrected chi connectivity index (χ2v) is 8.42. The van der Waals surface area contributed by atoms with Gasteiger partial charge in [0.05, 0.1) is 5.38 Å². The molecule has 0 saturated carbocycles. The molecule has 2 aliphatic rings. The fourth-order valence-electron chi connectivity index (χ4n) is 2.64. The van der Waals surface area contributed by atoms with E-state index in [1.165, 1.54) is 30.7 Å². The van der Waals surface area contributed by atoms with Crippen LogP contribution in [0.2, 0.25) is 0 Å². The van der Waals surface area contributed by atoms with Crippen molar-refractivity contribution in [1.29, 1.82) is 0 Å². The Labute approximate surface area is 148 Å². The van der Waals surface area contributed by atoms with Gasteiger partial charge >= 0.3 is 0 Å². The Bertz CT molecular complexity index is 808. The molecule has 1 aliphatic carbocycles. The maximum atomic E-state index is 6.26. The average Bonchev–Trinajstić information content (AvgIpc) is 2.51. The van der Waals surface area contributed by atoms with E-state index in [1.807, 2.05) is 35.7 Å². The lowest BCUT2D eigenvalue weighted by atomic mass is 9.97. The topological polar surface area (TPSA) is 0 Å². The fourth-order valence-corrected chi connectivity index (χ4v) is 5.55. The summed E-state index contributed by atoms with van der Waals surface area (Å²) in [6.07, 6.45) is 4.74. The molecule has 0 radical (unpaired) electrons. The van der Waals surface area contributed by atoms with Gasteiger partial charge in [0.1, 0.15) is 0 Å². The summed E-state index contributed by atoms with van der Waals surface area (Å²) in [4.78, 5) is 5.27. The van der Waals surface area contributed by atoms with Crippen molar-refractivity contribution < 1.29 is 0 Å². The van der Waals surface area contributed by atoms with Gasteiger partial charge in [0.2, 0.25) is 0 Å². The Kier molecular flexibility index (Phi) is 4.04. The normalized spacial score (nSPS) is 19.8. The minimum Gasteiger partial charge on any atom is -0.118 e. The lowest BCUT2D eigenvalue weighted by Gasteiger charge is -2.20. The zero-order valence-electron chi connectivity index (χ0n) is 11.6. The predicted octanol–water partition coefficient (Wildman–Crippen LogP) is 6.82. The molecule has 1 heterocycles. The largest absolute Gasteiger partial charge is 0.118 e. The van der Waals surface area contributed by atoms with Crippen LogP contribution in [0.5, 0.6) is 0 Å². The summed E-state index contributed by atoms with van der Waals surface area (Å²) in [5.74, 6) is 0. The van der Waals surface area contributed by atoms with Crippen LogP contribution in [-0.4, -0.2) is 5.38 Å². The van der Waals surface area contributed by atoms with E-state index in [1.54, 1.807) is 0 Å². The van der Waals surface area contributed by atoms with Crippen LogP contribution in [0.3, 0.4) is 0 Å². The molecule has 2 aromatic carbocycles. The second-order valence-electron chi connectivity index (χ2n) is 5.25. The van der Waals surface area contributed by atoms with Crippen molar-refractivity contribution >= 4 is 52.3 Å². The molecule has 0 amide bonds. The van der Waals surface area contributed by atoms with Gasteiger partial charge in [-0.15, -0.1) is 11.6 Å². The standard InChI is InChI=1S/C18H12Cl2S2/c19-13-7-12(8-14(20)10-13)11-5-6-17-18(9-11)22-16-4-2-1-3-15(16)21-17/h1-7,9-10,14H,8H2. The van der Waals surface area contributed by atoms with Gasteiger partial charge in [-0.1, -0.05) is 53.3 Å². The quantitative estimate of drug-likeness (QED) is 0.435. The van der Waals surface area contributed by atoms with Crippen molar-refractivity contribution in [2.75, 3.05) is 0 Å². The molecule has 1 atom stereocenters. The van der Waals surface area contributed by atoms with E-state index in [0.29, 0.717) is 0 Å². The molecular weight excluding hydrogens is 351 g/mol. The molecule has 22 heavy (non-hydrogen) atoms. The number of halogens is 2. The van der Waals surface area contributed by atoms with Crippen LogP contribution in [0, 0.1) is 0 Å². The van der Waals surface area contributed by atoms with Gasteiger partial charge in [-0.05, 0) is 54.0 Å². The van der Waals surface area contributed by atoms with Crippen molar-refractivity contribution in [3.05, 3.63) is 65.2 Å². The zero-order valence-corrected chi connectivity index (χ0v) is 14.7. The molecular formula is C18H12Cl2S2. The van der Waals surface area contributed by atoms with E-state index >= 15 is 0 Å². The highest BCUT2D eigenvalue weighted by Crippen LogP contribution is 2.49. The van der Waals surface area contributed by atoms with Crippen LogP contribution < -0.4 is 0 Å². The maximum absolute atomic E-state index is 6.26. The number of hydrogen-bond acceptors (Lipinski definition) is 2. The SMILES string of the molecule is ClC1=CC(Cl)CC(c2ccc3c(c2)Sc2ccccc2S3)=C1. The smallest absolute Gasteiger partial charge is 0.0573 e. The summed E-state index contributed by atoms with van der Waals surface area (Å²) >= 11 is 16.1. The van der Waals surface area contributed by atoms with E-state index in [2.05, 4.69) is 42.5 Å². The summed E-state index contributed by atoms with van der Waals surface area (Å²) < 4.78 is 0. The number of fused-ring (bicyclic) bond motifs is 2. The van der Waals surface area contributed by atoms with Crippen LogP contribution in [-0.2, 0) is 0 Å². The Hall–Kier alpha value is -0.800. The van der Waals surface area contributed by atoms with E-state index in [9.17, 15) is 0 Å². The third kappa shape index (κ3) is 2.85. The fraction of sp³-hybridized carbons (Fsp3) is 0.111. The molecule has 0 fully saturated rings. The minimum atomic E-state index is -0.0220. The first-order valence-corrected chi connectivity index (χ1v) is 9.45. The van der Waals surface area contributed by atoms with Crippen LogP contribution in [0.15, 0.2) is 79.2 Å². The summed E-state index contributed by atoms with van der Waals surface area (Å²) in [7, 11) is 0. The lowest BCUT2D eigenvalue weighted by Crippen LogP contribution is -2.02. The molecule has 1 unspecified atom stereocenters. The molecule has 110 valence electrons. The van der Waals surface area contributed by atoms with Crippen molar-refractivity contribution in [3.63, 3.8) is 0 Å². The summed E-state index contributed by atoms with van der Waals surface area (Å²) in [5, 5.41) is 0.706. The molecule has 4 heteroatoms. The van der Waals surface area contributed by atoms with Gasteiger partial charge < -0.3 is 0 Å². The Morgan fingerprint density at radius 1 is 0.909 bits per heavy atom. The second kappa shape index (κ2) is 6.01. The third-order valence-electron chi connectivity index (χ3n) is 3.67. The van der Waals surface area contributed by atoms with E-state index in [4.69, 9.17) is 23.2 Å². The number of hydrogen-bond donors (Lipinski definition) is 0. The van der Waals surface area contributed by atoms with Gasteiger partial charge in [0.25, 0.3) is 0 Å². The minimum absolute atomic E-state index is 0.0220. The van der Waals surface area contributed by atoms with E-state index in [0.717, 1.165) is 11.5 Å². The molecule has 0 aromatic heterocycles. The zero-order chi connectivity index (χ0) is 15.1. The van der Waals surface area contributed by atoms with Gasteiger partial charge in [0.15, 0.2) is 0 Å². The highest BCUT2D eigenvalue weighted by molar-refractivity contribution is 8.05. The van der Waals surface area contributed by atoms with Gasteiger partial charge in [0, 0.05) is 24.6 Å². The first-order chi connectivity index (χ1) is 10.7. The monoisotopic (exact) mass is 362 g/mol. The van der Waals surface area contributed by atoms with Crippen molar-refractivity contribution in [3.8, 4) is 0 Å². The van der Waals surface area contributed by atoms with Crippen LogP contribution >= 0.6 is 46.7 Å². The predicted molar refractivity (Wildman–Crippen MR) is 97.3 cm³/mol. The van der Waals surface area contributed by atoms with Gasteiger partial charge in [-0.25, -0.2) is 0 Å². The molecule has 2 aromatic rings. The lowest BCUT2D eigenvalue weighted by molar-refractivity contribution is 1.05. The van der Waals surface area contributed by atoms with Crippen LogP contribution in [0.1, 0.15) is 12.0 Å². The first-order valence-electron chi connectivity index (χ1n) is 7.00. The number of allylic oxidation sites excluding steroid dienone is 4.